The highest BCUT2D eigenvalue weighted by Gasteiger charge is 2.26. The van der Waals surface area contributed by atoms with Gasteiger partial charge in [0.2, 0.25) is 0 Å². The zero-order valence-corrected chi connectivity index (χ0v) is 8.29. The molecule has 0 saturated heterocycles. The van der Waals surface area contributed by atoms with E-state index in [0.717, 1.165) is 30.4 Å². The molecule has 0 aromatic heterocycles. The van der Waals surface area contributed by atoms with Gasteiger partial charge >= 0.3 is 5.97 Å². The highest BCUT2D eigenvalue weighted by atomic mass is 16.4. The fourth-order valence-corrected chi connectivity index (χ4v) is 2.35. The number of hydrogen-bond donors (Lipinski definition) is 1. The maximum atomic E-state index is 11.1. The second kappa shape index (κ2) is 3.45. The summed E-state index contributed by atoms with van der Waals surface area (Å²) < 4.78 is 0. The number of fused-ring (bicyclic) bond motifs is 1. The molecule has 2 rings (SSSR count). The molecule has 14 heavy (non-hydrogen) atoms. The van der Waals surface area contributed by atoms with E-state index in [-0.39, 0.29) is 5.92 Å². The van der Waals surface area contributed by atoms with Crippen LogP contribution >= 0.6 is 0 Å². The van der Waals surface area contributed by atoms with E-state index in [2.05, 4.69) is 6.07 Å². The van der Waals surface area contributed by atoms with Crippen LogP contribution in [-0.4, -0.2) is 11.1 Å². The Hall–Kier alpha value is -1.31. The average Bonchev–Trinajstić information content (AvgIpc) is 2.17. The van der Waals surface area contributed by atoms with Crippen LogP contribution in [0.15, 0.2) is 18.2 Å². The van der Waals surface area contributed by atoms with Gasteiger partial charge in [-0.3, -0.25) is 4.79 Å². The number of aryl methyl sites for hydroxylation is 2. The summed E-state index contributed by atoms with van der Waals surface area (Å²) in [6.45, 7) is 2.00. The number of hydrogen-bond acceptors (Lipinski definition) is 1. The van der Waals surface area contributed by atoms with Crippen LogP contribution in [0.4, 0.5) is 0 Å². The fraction of sp³-hybridized carbons (Fsp3) is 0.417. The molecular weight excluding hydrogens is 176 g/mol. The molecule has 1 aliphatic rings. The SMILES string of the molecule is Cc1cccc2c1C(C(=O)O)CCC2. The predicted octanol–water partition coefficient (Wildman–Crippen LogP) is 2.50. The molecule has 0 bridgehead atoms. The molecule has 74 valence electrons. The van der Waals surface area contributed by atoms with Gasteiger partial charge in [0.15, 0.2) is 0 Å². The minimum Gasteiger partial charge on any atom is -0.481 e. The first-order valence-electron chi connectivity index (χ1n) is 5.01. The smallest absolute Gasteiger partial charge is 0.310 e. The second-order valence-electron chi connectivity index (χ2n) is 3.93. The van der Waals surface area contributed by atoms with Crippen molar-refractivity contribution < 1.29 is 9.90 Å². The van der Waals surface area contributed by atoms with E-state index in [1.54, 1.807) is 0 Å². The lowest BCUT2D eigenvalue weighted by atomic mass is 9.80. The predicted molar refractivity (Wildman–Crippen MR) is 54.5 cm³/mol. The normalized spacial score (nSPS) is 20.2. The summed E-state index contributed by atoms with van der Waals surface area (Å²) in [6, 6.07) is 6.07. The first-order chi connectivity index (χ1) is 6.70. The lowest BCUT2D eigenvalue weighted by Crippen LogP contribution is -2.19. The van der Waals surface area contributed by atoms with Crippen molar-refractivity contribution in [2.45, 2.75) is 32.1 Å². The van der Waals surface area contributed by atoms with Crippen molar-refractivity contribution in [1.29, 1.82) is 0 Å². The Balaban J connectivity index is 2.52. The monoisotopic (exact) mass is 190 g/mol. The molecule has 0 aliphatic heterocycles. The molecule has 1 aromatic carbocycles. The summed E-state index contributed by atoms with van der Waals surface area (Å²) in [5.74, 6) is -0.958. The Kier molecular flexibility index (Phi) is 2.28. The van der Waals surface area contributed by atoms with E-state index >= 15 is 0 Å². The number of aliphatic carboxylic acids is 1. The van der Waals surface area contributed by atoms with Crippen LogP contribution in [0.3, 0.4) is 0 Å². The molecule has 2 heteroatoms. The summed E-state index contributed by atoms with van der Waals surface area (Å²) in [6.07, 6.45) is 2.81. The highest BCUT2D eigenvalue weighted by Crippen LogP contribution is 2.33. The van der Waals surface area contributed by atoms with Crippen LogP contribution in [0.2, 0.25) is 0 Å². The molecule has 0 saturated carbocycles. The maximum absolute atomic E-state index is 11.1. The van der Waals surface area contributed by atoms with E-state index in [9.17, 15) is 4.79 Å². The molecule has 1 N–H and O–H groups in total. The van der Waals surface area contributed by atoms with Crippen LogP contribution in [0, 0.1) is 6.92 Å². The van der Waals surface area contributed by atoms with Crippen molar-refractivity contribution >= 4 is 5.97 Å². The largest absolute Gasteiger partial charge is 0.481 e. The van der Waals surface area contributed by atoms with Gasteiger partial charge in [0.25, 0.3) is 0 Å². The fourth-order valence-electron chi connectivity index (χ4n) is 2.35. The van der Waals surface area contributed by atoms with E-state index in [1.807, 2.05) is 19.1 Å². The number of carboxylic acids is 1. The Morgan fingerprint density at radius 1 is 1.50 bits per heavy atom. The molecule has 1 unspecified atom stereocenters. The molecular formula is C12H14O2. The van der Waals surface area contributed by atoms with Gasteiger partial charge in [0.05, 0.1) is 5.92 Å². The van der Waals surface area contributed by atoms with Crippen molar-refractivity contribution in [1.82, 2.24) is 0 Å². The lowest BCUT2D eigenvalue weighted by Gasteiger charge is -2.24. The average molecular weight is 190 g/mol. The van der Waals surface area contributed by atoms with Crippen LogP contribution in [0.5, 0.6) is 0 Å². The topological polar surface area (TPSA) is 37.3 Å². The number of benzene rings is 1. The molecule has 0 amide bonds. The zero-order chi connectivity index (χ0) is 10.1. The minimum atomic E-state index is -0.680. The number of rotatable bonds is 1. The number of carbonyl (C=O) groups is 1. The number of carboxylic acid groups (broad SMARTS) is 1. The summed E-state index contributed by atoms with van der Waals surface area (Å²) in [4.78, 5) is 11.1. The summed E-state index contributed by atoms with van der Waals surface area (Å²) in [7, 11) is 0. The standard InChI is InChI=1S/C12H14O2/c1-8-4-2-5-9-6-3-7-10(11(8)9)12(13)14/h2,4-5,10H,3,6-7H2,1H3,(H,13,14). The van der Waals surface area contributed by atoms with Crippen molar-refractivity contribution in [2.24, 2.45) is 0 Å². The Labute approximate surface area is 83.6 Å². The van der Waals surface area contributed by atoms with E-state index in [0.29, 0.717) is 0 Å². The van der Waals surface area contributed by atoms with Gasteiger partial charge in [-0.1, -0.05) is 18.2 Å². The van der Waals surface area contributed by atoms with Crippen molar-refractivity contribution in [3.63, 3.8) is 0 Å². The van der Waals surface area contributed by atoms with Crippen molar-refractivity contribution in [3.8, 4) is 0 Å². The minimum absolute atomic E-state index is 0.278. The van der Waals surface area contributed by atoms with Crippen LogP contribution in [0.1, 0.15) is 35.4 Å². The van der Waals surface area contributed by atoms with Crippen LogP contribution < -0.4 is 0 Å². The van der Waals surface area contributed by atoms with E-state index < -0.39 is 5.97 Å². The highest BCUT2D eigenvalue weighted by molar-refractivity contribution is 5.77. The Morgan fingerprint density at radius 3 is 3.00 bits per heavy atom. The van der Waals surface area contributed by atoms with Gasteiger partial charge in [0, 0.05) is 0 Å². The van der Waals surface area contributed by atoms with Gasteiger partial charge in [-0.2, -0.15) is 0 Å². The Bertz CT molecular complexity index is 369. The summed E-state index contributed by atoms with van der Waals surface area (Å²) in [5, 5.41) is 9.11. The second-order valence-corrected chi connectivity index (χ2v) is 3.93. The van der Waals surface area contributed by atoms with E-state index in [4.69, 9.17) is 5.11 Å². The van der Waals surface area contributed by atoms with Crippen LogP contribution in [0.25, 0.3) is 0 Å². The molecule has 1 aliphatic carbocycles. The molecule has 1 aromatic rings. The summed E-state index contributed by atoms with van der Waals surface area (Å²) in [5.41, 5.74) is 3.41. The van der Waals surface area contributed by atoms with Gasteiger partial charge in [-0.15, -0.1) is 0 Å². The van der Waals surface area contributed by atoms with Crippen molar-refractivity contribution in [3.05, 3.63) is 34.9 Å². The van der Waals surface area contributed by atoms with Crippen LogP contribution in [-0.2, 0) is 11.2 Å². The maximum Gasteiger partial charge on any atom is 0.310 e. The van der Waals surface area contributed by atoms with Gasteiger partial charge in [0.1, 0.15) is 0 Å². The van der Waals surface area contributed by atoms with Gasteiger partial charge < -0.3 is 5.11 Å². The molecule has 0 spiro atoms. The zero-order valence-electron chi connectivity index (χ0n) is 8.29. The molecule has 0 fully saturated rings. The first-order valence-corrected chi connectivity index (χ1v) is 5.01. The third kappa shape index (κ3) is 1.41. The first kappa shape index (κ1) is 9.25. The molecule has 1 atom stereocenters. The molecule has 0 radical (unpaired) electrons. The van der Waals surface area contributed by atoms with Gasteiger partial charge in [-0.25, -0.2) is 0 Å². The quantitative estimate of drug-likeness (QED) is 0.738. The molecule has 2 nitrogen and oxygen atoms in total. The lowest BCUT2D eigenvalue weighted by molar-refractivity contribution is -0.139. The van der Waals surface area contributed by atoms with Crippen molar-refractivity contribution in [2.75, 3.05) is 0 Å². The van der Waals surface area contributed by atoms with E-state index in [1.165, 1.54) is 5.56 Å². The third-order valence-electron chi connectivity index (χ3n) is 3.00. The Morgan fingerprint density at radius 2 is 2.29 bits per heavy atom. The van der Waals surface area contributed by atoms with Gasteiger partial charge in [-0.05, 0) is 42.9 Å². The summed E-state index contributed by atoms with van der Waals surface area (Å²) >= 11 is 0. The molecule has 0 heterocycles. The third-order valence-corrected chi connectivity index (χ3v) is 3.00.